The Morgan fingerprint density at radius 2 is 1.33 bits per heavy atom. The highest BCUT2D eigenvalue weighted by Gasteiger charge is 2.37. The number of benzene rings is 2. The van der Waals surface area contributed by atoms with Crippen molar-refractivity contribution in [2.75, 3.05) is 6.54 Å². The molecule has 0 aliphatic rings. The zero-order chi connectivity index (χ0) is 31.0. The van der Waals surface area contributed by atoms with Crippen molar-refractivity contribution in [2.45, 2.75) is 103 Å². The lowest BCUT2D eigenvalue weighted by Gasteiger charge is -2.32. The highest BCUT2D eigenvalue weighted by atomic mass is 16.6. The third-order valence-electron chi connectivity index (χ3n) is 6.73. The van der Waals surface area contributed by atoms with Crippen molar-refractivity contribution in [1.29, 1.82) is 0 Å². The minimum Gasteiger partial charge on any atom is -0.444 e. The molecular formula is C33H48N4O5. The Balaban J connectivity index is 2.09. The van der Waals surface area contributed by atoms with Gasteiger partial charge in [-0.05, 0) is 51.7 Å². The number of amides is 4. The SMILES string of the molecule is CC(C)(C)OC(=O)N[C@@H](Cc1ccccc1)C(=O)N[C@@](C)(Cc1ccccc1)C(=O)NCCCCCCCCC(N)=O. The van der Waals surface area contributed by atoms with E-state index in [1.165, 1.54) is 0 Å². The van der Waals surface area contributed by atoms with E-state index in [2.05, 4.69) is 16.0 Å². The van der Waals surface area contributed by atoms with Gasteiger partial charge in [0.15, 0.2) is 0 Å². The molecule has 5 N–H and O–H groups in total. The molecule has 0 saturated heterocycles. The first-order valence-electron chi connectivity index (χ1n) is 14.8. The van der Waals surface area contributed by atoms with Crippen molar-refractivity contribution in [3.63, 3.8) is 0 Å². The van der Waals surface area contributed by atoms with E-state index >= 15 is 0 Å². The van der Waals surface area contributed by atoms with Crippen molar-refractivity contribution in [3.05, 3.63) is 71.8 Å². The van der Waals surface area contributed by atoms with Gasteiger partial charge in [0.2, 0.25) is 17.7 Å². The summed E-state index contributed by atoms with van der Waals surface area (Å²) in [5.41, 5.74) is 4.93. The summed E-state index contributed by atoms with van der Waals surface area (Å²) in [6.45, 7) is 7.45. The molecule has 0 unspecified atom stereocenters. The maximum absolute atomic E-state index is 13.7. The predicted octanol–water partition coefficient (Wildman–Crippen LogP) is 4.57. The Morgan fingerprint density at radius 1 is 0.786 bits per heavy atom. The standard InChI is InChI=1S/C33H48N4O5/c1-32(2,3)42-31(41)36-27(23-25-17-11-9-12-18-25)29(39)37-33(4,24-26-19-13-10-14-20-26)30(40)35-22-16-8-6-5-7-15-21-28(34)38/h9-14,17-20,27H,5-8,15-16,21-24H2,1-4H3,(H2,34,38)(H,35,40)(H,36,41)(H,37,39)/t27-,33-/m0/s1. The molecule has 0 aliphatic carbocycles. The zero-order valence-electron chi connectivity index (χ0n) is 25.5. The molecule has 2 aromatic rings. The van der Waals surface area contributed by atoms with E-state index in [0.29, 0.717) is 13.0 Å². The van der Waals surface area contributed by atoms with E-state index in [1.807, 2.05) is 60.7 Å². The molecule has 0 heterocycles. The summed E-state index contributed by atoms with van der Waals surface area (Å²) < 4.78 is 5.42. The second kappa shape index (κ2) is 17.2. The summed E-state index contributed by atoms with van der Waals surface area (Å²) in [6, 6.07) is 17.9. The maximum Gasteiger partial charge on any atom is 0.408 e. The van der Waals surface area contributed by atoms with Crippen molar-refractivity contribution < 1.29 is 23.9 Å². The zero-order valence-corrected chi connectivity index (χ0v) is 25.5. The predicted molar refractivity (Wildman–Crippen MR) is 165 cm³/mol. The van der Waals surface area contributed by atoms with Gasteiger partial charge in [-0.25, -0.2) is 4.79 Å². The number of hydrogen-bond acceptors (Lipinski definition) is 5. The summed E-state index contributed by atoms with van der Waals surface area (Å²) in [4.78, 5) is 50.8. The fourth-order valence-electron chi connectivity index (χ4n) is 4.58. The van der Waals surface area contributed by atoms with Crippen LogP contribution in [-0.4, -0.2) is 47.5 Å². The first-order valence-corrected chi connectivity index (χ1v) is 14.8. The second-order valence-corrected chi connectivity index (χ2v) is 12.0. The minimum absolute atomic E-state index is 0.231. The van der Waals surface area contributed by atoms with Crippen LogP contribution in [0, 0.1) is 0 Å². The van der Waals surface area contributed by atoms with Gasteiger partial charge in [-0.1, -0.05) is 86.3 Å². The highest BCUT2D eigenvalue weighted by molar-refractivity contribution is 5.94. The van der Waals surface area contributed by atoms with Crippen molar-refractivity contribution in [1.82, 2.24) is 16.0 Å². The molecule has 0 saturated carbocycles. The fourth-order valence-corrected chi connectivity index (χ4v) is 4.58. The number of hydrogen-bond donors (Lipinski definition) is 4. The fraction of sp³-hybridized carbons (Fsp3) is 0.515. The summed E-state index contributed by atoms with van der Waals surface area (Å²) in [5, 5.41) is 8.66. The average molecular weight is 581 g/mol. The van der Waals surface area contributed by atoms with Crippen molar-refractivity contribution in [3.8, 4) is 0 Å². The molecule has 0 spiro atoms. The van der Waals surface area contributed by atoms with Crippen LogP contribution in [0.1, 0.15) is 83.8 Å². The molecule has 0 aliphatic heterocycles. The van der Waals surface area contributed by atoms with Crippen LogP contribution in [0.15, 0.2) is 60.7 Å². The van der Waals surface area contributed by atoms with Gasteiger partial charge < -0.3 is 26.4 Å². The lowest BCUT2D eigenvalue weighted by atomic mass is 9.90. The van der Waals surface area contributed by atoms with E-state index in [0.717, 1.165) is 49.7 Å². The molecule has 0 fully saturated rings. The third kappa shape index (κ3) is 13.7. The number of nitrogens with two attached hydrogens (primary N) is 1. The Hall–Kier alpha value is -3.88. The third-order valence-corrected chi connectivity index (χ3v) is 6.73. The van der Waals surface area contributed by atoms with E-state index < -0.39 is 29.2 Å². The monoisotopic (exact) mass is 580 g/mol. The number of rotatable bonds is 17. The molecule has 0 radical (unpaired) electrons. The van der Waals surface area contributed by atoms with Crippen LogP contribution < -0.4 is 21.7 Å². The number of primary amides is 1. The number of ether oxygens (including phenoxy) is 1. The van der Waals surface area contributed by atoms with Crippen LogP contribution in [0.5, 0.6) is 0 Å². The Labute approximate surface area is 250 Å². The van der Waals surface area contributed by atoms with E-state index in [4.69, 9.17) is 10.5 Å². The molecule has 9 nitrogen and oxygen atoms in total. The van der Waals surface area contributed by atoms with Gasteiger partial charge in [0.1, 0.15) is 17.2 Å². The molecule has 0 aromatic heterocycles. The molecular weight excluding hydrogens is 532 g/mol. The highest BCUT2D eigenvalue weighted by Crippen LogP contribution is 2.16. The molecule has 230 valence electrons. The summed E-state index contributed by atoms with van der Waals surface area (Å²) in [6.07, 6.45) is 5.73. The number of unbranched alkanes of at least 4 members (excludes halogenated alkanes) is 5. The minimum atomic E-state index is -1.27. The molecule has 0 bridgehead atoms. The van der Waals surface area contributed by atoms with Crippen molar-refractivity contribution in [2.24, 2.45) is 5.73 Å². The van der Waals surface area contributed by atoms with Gasteiger partial charge in [-0.15, -0.1) is 0 Å². The molecule has 2 rings (SSSR count). The Morgan fingerprint density at radius 3 is 1.90 bits per heavy atom. The summed E-state index contributed by atoms with van der Waals surface area (Å²) in [5.74, 6) is -1.04. The van der Waals surface area contributed by atoms with Crippen LogP contribution in [0.3, 0.4) is 0 Å². The van der Waals surface area contributed by atoms with Gasteiger partial charge in [0.05, 0.1) is 0 Å². The summed E-state index contributed by atoms with van der Waals surface area (Å²) >= 11 is 0. The summed E-state index contributed by atoms with van der Waals surface area (Å²) in [7, 11) is 0. The van der Waals surface area contributed by atoms with Gasteiger partial charge in [-0.2, -0.15) is 0 Å². The lowest BCUT2D eigenvalue weighted by molar-refractivity contribution is -0.133. The Bertz CT molecular complexity index is 1130. The van der Waals surface area contributed by atoms with Crippen LogP contribution in [0.2, 0.25) is 0 Å². The van der Waals surface area contributed by atoms with Gasteiger partial charge in [0.25, 0.3) is 0 Å². The molecule has 4 amide bonds. The Kier molecular flexibility index (Phi) is 14.0. The molecule has 2 aromatic carbocycles. The smallest absolute Gasteiger partial charge is 0.408 e. The van der Waals surface area contributed by atoms with Crippen LogP contribution >= 0.6 is 0 Å². The lowest BCUT2D eigenvalue weighted by Crippen LogP contribution is -2.62. The van der Waals surface area contributed by atoms with Crippen LogP contribution in [0.4, 0.5) is 4.79 Å². The van der Waals surface area contributed by atoms with Gasteiger partial charge in [0, 0.05) is 25.8 Å². The van der Waals surface area contributed by atoms with E-state index in [9.17, 15) is 19.2 Å². The number of carbonyl (C=O) groups is 4. The second-order valence-electron chi connectivity index (χ2n) is 12.0. The van der Waals surface area contributed by atoms with Crippen LogP contribution in [0.25, 0.3) is 0 Å². The van der Waals surface area contributed by atoms with Gasteiger partial charge >= 0.3 is 6.09 Å². The largest absolute Gasteiger partial charge is 0.444 e. The number of alkyl carbamates (subject to hydrolysis) is 1. The van der Waals surface area contributed by atoms with Gasteiger partial charge in [-0.3, -0.25) is 14.4 Å². The number of carbonyl (C=O) groups excluding carboxylic acids is 4. The number of nitrogens with one attached hydrogen (secondary N) is 3. The molecule has 2 atom stereocenters. The van der Waals surface area contributed by atoms with Crippen molar-refractivity contribution >= 4 is 23.8 Å². The maximum atomic E-state index is 13.7. The first-order chi connectivity index (χ1) is 19.9. The first kappa shape index (κ1) is 34.3. The topological polar surface area (TPSA) is 140 Å². The van der Waals surface area contributed by atoms with Crippen LogP contribution in [-0.2, 0) is 32.0 Å². The van der Waals surface area contributed by atoms with E-state index in [-0.39, 0.29) is 24.7 Å². The normalized spacial score (nSPS) is 13.3. The average Bonchev–Trinajstić information content (AvgIpc) is 2.91. The van der Waals surface area contributed by atoms with E-state index in [1.54, 1.807) is 27.7 Å². The quantitative estimate of drug-likeness (QED) is 0.203. The molecule has 9 heteroatoms. The molecule has 42 heavy (non-hydrogen) atoms.